The summed E-state index contributed by atoms with van der Waals surface area (Å²) in [6.07, 6.45) is 7.28. The van der Waals surface area contributed by atoms with Crippen molar-refractivity contribution in [3.8, 4) is 0 Å². The molecule has 1 saturated carbocycles. The van der Waals surface area contributed by atoms with E-state index in [1.54, 1.807) is 18.2 Å². The maximum Gasteiger partial charge on any atom is 0.321 e. The van der Waals surface area contributed by atoms with Gasteiger partial charge in [0.1, 0.15) is 5.82 Å². The average molecular weight is 355 g/mol. The summed E-state index contributed by atoms with van der Waals surface area (Å²) in [4.78, 5) is 14.3. The Labute approximate surface area is 154 Å². The molecular formula is C21H26FN3O. The van der Waals surface area contributed by atoms with Gasteiger partial charge in [0, 0.05) is 13.1 Å². The SMILES string of the molecule is C=C(NC(=O)N1CC2CCCC2C1)/C(N)=C\C=C(/C)c1ccc(F)cc1. The highest BCUT2D eigenvalue weighted by Gasteiger charge is 2.38. The van der Waals surface area contributed by atoms with Crippen molar-refractivity contribution in [3.63, 3.8) is 0 Å². The van der Waals surface area contributed by atoms with Gasteiger partial charge in [0.05, 0.1) is 11.4 Å². The summed E-state index contributed by atoms with van der Waals surface area (Å²) >= 11 is 0. The molecule has 1 aromatic carbocycles. The Morgan fingerprint density at radius 2 is 1.85 bits per heavy atom. The third kappa shape index (κ3) is 4.15. The minimum Gasteiger partial charge on any atom is -0.397 e. The van der Waals surface area contributed by atoms with Crippen molar-refractivity contribution in [2.45, 2.75) is 26.2 Å². The maximum atomic E-state index is 13.0. The van der Waals surface area contributed by atoms with E-state index in [4.69, 9.17) is 5.73 Å². The number of benzene rings is 1. The van der Waals surface area contributed by atoms with Crippen LogP contribution in [-0.4, -0.2) is 24.0 Å². The summed E-state index contributed by atoms with van der Waals surface area (Å²) in [6, 6.07) is 6.15. The highest BCUT2D eigenvalue weighted by molar-refractivity contribution is 5.77. The van der Waals surface area contributed by atoms with Crippen LogP contribution < -0.4 is 11.1 Å². The van der Waals surface area contributed by atoms with Crippen LogP contribution in [0.4, 0.5) is 9.18 Å². The second-order valence-electron chi connectivity index (χ2n) is 7.24. The molecule has 1 saturated heterocycles. The molecule has 0 radical (unpaired) electrons. The largest absolute Gasteiger partial charge is 0.397 e. The van der Waals surface area contributed by atoms with E-state index in [-0.39, 0.29) is 11.8 Å². The van der Waals surface area contributed by atoms with E-state index in [9.17, 15) is 9.18 Å². The molecule has 5 heteroatoms. The van der Waals surface area contributed by atoms with E-state index in [1.807, 2.05) is 17.9 Å². The lowest BCUT2D eigenvalue weighted by atomic mass is 10.0. The summed E-state index contributed by atoms with van der Waals surface area (Å²) in [5.74, 6) is 1.05. The van der Waals surface area contributed by atoms with Crippen LogP contribution in [0.1, 0.15) is 31.7 Å². The average Bonchev–Trinajstić information content (AvgIpc) is 3.21. The number of urea groups is 1. The number of hydrogen-bond donors (Lipinski definition) is 2. The molecule has 0 bridgehead atoms. The molecule has 2 atom stereocenters. The maximum absolute atomic E-state index is 13.0. The van der Waals surface area contributed by atoms with Crippen molar-refractivity contribution in [3.05, 3.63) is 65.8 Å². The first-order chi connectivity index (χ1) is 12.4. The zero-order valence-corrected chi connectivity index (χ0v) is 15.2. The minimum absolute atomic E-state index is 0.125. The first-order valence-corrected chi connectivity index (χ1v) is 9.09. The standard InChI is InChI=1S/C21H26FN3O/c1-14(16-7-9-19(22)10-8-16)6-11-20(23)15(2)24-21(26)25-12-17-4-3-5-18(17)13-25/h6-11,17-18H,2-5,12-13,23H2,1H3,(H,24,26)/b14-6+,20-11+. The molecule has 4 nitrogen and oxygen atoms in total. The number of amides is 2. The molecule has 1 aliphatic carbocycles. The van der Waals surface area contributed by atoms with E-state index in [0.717, 1.165) is 24.2 Å². The lowest BCUT2D eigenvalue weighted by Gasteiger charge is -2.19. The number of nitrogens with zero attached hydrogens (tertiary/aromatic N) is 1. The highest BCUT2D eigenvalue weighted by Crippen LogP contribution is 2.37. The van der Waals surface area contributed by atoms with Crippen LogP contribution in [0.3, 0.4) is 0 Å². The van der Waals surface area contributed by atoms with Gasteiger partial charge in [0.2, 0.25) is 0 Å². The number of rotatable bonds is 4. The summed E-state index contributed by atoms with van der Waals surface area (Å²) < 4.78 is 13.0. The van der Waals surface area contributed by atoms with Gasteiger partial charge in [-0.25, -0.2) is 9.18 Å². The van der Waals surface area contributed by atoms with Crippen molar-refractivity contribution in [2.24, 2.45) is 17.6 Å². The second-order valence-corrected chi connectivity index (χ2v) is 7.24. The van der Waals surface area contributed by atoms with E-state index >= 15 is 0 Å². The first-order valence-electron chi connectivity index (χ1n) is 9.09. The smallest absolute Gasteiger partial charge is 0.321 e. The molecule has 138 valence electrons. The van der Waals surface area contributed by atoms with Crippen molar-refractivity contribution in [1.29, 1.82) is 0 Å². The predicted octanol–water partition coefficient (Wildman–Crippen LogP) is 4.03. The molecular weight excluding hydrogens is 329 g/mol. The lowest BCUT2D eigenvalue weighted by Crippen LogP contribution is -2.39. The van der Waals surface area contributed by atoms with Gasteiger partial charge >= 0.3 is 6.03 Å². The van der Waals surface area contributed by atoms with Crippen molar-refractivity contribution in [1.82, 2.24) is 10.2 Å². The number of halogens is 1. The molecule has 2 aliphatic rings. The van der Waals surface area contributed by atoms with Gasteiger partial charge in [-0.1, -0.05) is 31.2 Å². The first kappa shape index (κ1) is 18.2. The number of fused-ring (bicyclic) bond motifs is 1. The second kappa shape index (κ2) is 7.77. The Hall–Kier alpha value is -2.56. The molecule has 2 unspecified atom stereocenters. The monoisotopic (exact) mass is 355 g/mol. The van der Waals surface area contributed by atoms with Crippen LogP contribution in [0, 0.1) is 17.7 Å². The molecule has 2 amide bonds. The van der Waals surface area contributed by atoms with Crippen LogP contribution >= 0.6 is 0 Å². The Morgan fingerprint density at radius 1 is 1.23 bits per heavy atom. The summed E-state index contributed by atoms with van der Waals surface area (Å²) in [6.45, 7) is 7.45. The molecule has 0 aromatic heterocycles. The fraction of sp³-hybridized carbons (Fsp3) is 0.381. The van der Waals surface area contributed by atoms with E-state index in [1.165, 1.54) is 31.4 Å². The Kier molecular flexibility index (Phi) is 5.45. The predicted molar refractivity (Wildman–Crippen MR) is 102 cm³/mol. The number of carbonyl (C=O) groups excluding carboxylic acids is 1. The topological polar surface area (TPSA) is 58.4 Å². The van der Waals surface area contributed by atoms with Gasteiger partial charge < -0.3 is 16.0 Å². The zero-order chi connectivity index (χ0) is 18.7. The van der Waals surface area contributed by atoms with Crippen LogP contribution in [0.5, 0.6) is 0 Å². The summed E-state index contributed by atoms with van der Waals surface area (Å²) in [5.41, 5.74) is 8.69. The molecule has 1 aromatic rings. The van der Waals surface area contributed by atoms with Gasteiger partial charge in [0.25, 0.3) is 0 Å². The minimum atomic E-state index is -0.265. The van der Waals surface area contributed by atoms with Gasteiger partial charge in [-0.15, -0.1) is 0 Å². The molecule has 1 aliphatic heterocycles. The van der Waals surface area contributed by atoms with Gasteiger partial charge in [-0.05, 0) is 60.9 Å². The van der Waals surface area contributed by atoms with Crippen LogP contribution in [0.2, 0.25) is 0 Å². The third-order valence-electron chi connectivity index (χ3n) is 5.43. The fourth-order valence-electron chi connectivity index (χ4n) is 3.81. The van der Waals surface area contributed by atoms with Crippen molar-refractivity contribution >= 4 is 11.6 Å². The van der Waals surface area contributed by atoms with Gasteiger partial charge in [0.15, 0.2) is 0 Å². The van der Waals surface area contributed by atoms with E-state index in [0.29, 0.717) is 23.2 Å². The highest BCUT2D eigenvalue weighted by atomic mass is 19.1. The van der Waals surface area contributed by atoms with E-state index in [2.05, 4.69) is 11.9 Å². The molecule has 0 spiro atoms. The van der Waals surface area contributed by atoms with Crippen LogP contribution in [-0.2, 0) is 0 Å². The summed E-state index contributed by atoms with van der Waals surface area (Å²) in [5, 5.41) is 2.80. The van der Waals surface area contributed by atoms with Crippen LogP contribution in [0.15, 0.2) is 54.4 Å². The quantitative estimate of drug-likeness (QED) is 0.801. The number of likely N-dealkylation sites (tertiary alicyclic amines) is 1. The molecule has 26 heavy (non-hydrogen) atoms. The number of nitrogens with two attached hydrogens (primary N) is 1. The lowest BCUT2D eigenvalue weighted by molar-refractivity contribution is 0.208. The number of hydrogen-bond acceptors (Lipinski definition) is 2. The fourth-order valence-corrected chi connectivity index (χ4v) is 3.81. The van der Waals surface area contributed by atoms with Crippen molar-refractivity contribution < 1.29 is 9.18 Å². The Morgan fingerprint density at radius 3 is 2.46 bits per heavy atom. The number of nitrogens with one attached hydrogen (secondary N) is 1. The van der Waals surface area contributed by atoms with Crippen molar-refractivity contribution in [2.75, 3.05) is 13.1 Å². The third-order valence-corrected chi connectivity index (χ3v) is 5.43. The number of carbonyl (C=O) groups is 1. The Balaban J connectivity index is 1.56. The molecule has 3 rings (SSSR count). The summed E-state index contributed by atoms with van der Waals surface area (Å²) in [7, 11) is 0. The number of allylic oxidation sites excluding steroid dienone is 3. The van der Waals surface area contributed by atoms with E-state index < -0.39 is 0 Å². The molecule has 1 heterocycles. The normalized spacial score (nSPS) is 23.1. The zero-order valence-electron chi connectivity index (χ0n) is 15.2. The Bertz CT molecular complexity index is 739. The van der Waals surface area contributed by atoms with Crippen LogP contribution in [0.25, 0.3) is 5.57 Å². The molecule has 2 fully saturated rings. The molecule has 3 N–H and O–H groups in total. The van der Waals surface area contributed by atoms with Gasteiger partial charge in [-0.2, -0.15) is 0 Å². The van der Waals surface area contributed by atoms with Gasteiger partial charge in [-0.3, -0.25) is 0 Å².